The van der Waals surface area contributed by atoms with Gasteiger partial charge in [0.1, 0.15) is 22.3 Å². The zero-order valence-electron chi connectivity index (χ0n) is 43.4. The lowest BCUT2D eigenvalue weighted by Crippen LogP contribution is -1.92. The first-order valence-electron chi connectivity index (χ1n) is 27.5. The topological polar surface area (TPSA) is 26.3 Å². The van der Waals surface area contributed by atoms with Crippen molar-refractivity contribution in [3.05, 3.63) is 279 Å². The van der Waals surface area contributed by atoms with Gasteiger partial charge in [-0.05, 0) is 174 Å². The maximum atomic E-state index is 6.43. The van der Waals surface area contributed by atoms with Gasteiger partial charge < -0.3 is 8.83 Å². The Labute approximate surface area is 460 Å². The van der Waals surface area contributed by atoms with Crippen molar-refractivity contribution in [2.24, 2.45) is 0 Å². The van der Waals surface area contributed by atoms with E-state index in [1.165, 1.54) is 131 Å². The van der Waals surface area contributed by atoms with Crippen LogP contribution in [0.1, 0.15) is 0 Å². The Bertz CT molecular complexity index is 5310. The second-order valence-corrected chi connectivity index (χ2v) is 21.3. The fourth-order valence-electron chi connectivity index (χ4n) is 13.5. The van der Waals surface area contributed by atoms with E-state index in [9.17, 15) is 0 Å². The molecule has 0 unspecified atom stereocenters. The molecule has 0 bridgehead atoms. The summed E-state index contributed by atoms with van der Waals surface area (Å²) in [6.07, 6.45) is 0. The van der Waals surface area contributed by atoms with Gasteiger partial charge >= 0.3 is 0 Å². The molecule has 0 radical (unpaired) electrons. The van der Waals surface area contributed by atoms with Crippen molar-refractivity contribution in [1.29, 1.82) is 0 Å². The number of rotatable bonds is 6. The quantitative estimate of drug-likeness (QED) is 0.155. The number of fused-ring (bicyclic) bond motifs is 12. The van der Waals surface area contributed by atoms with Crippen LogP contribution < -0.4 is 0 Å². The number of furan rings is 2. The van der Waals surface area contributed by atoms with Crippen molar-refractivity contribution in [3.8, 4) is 66.8 Å². The van der Waals surface area contributed by atoms with Crippen LogP contribution in [-0.2, 0) is 0 Å². The maximum Gasteiger partial charge on any atom is 0.136 e. The van der Waals surface area contributed by atoms with Crippen molar-refractivity contribution in [2.45, 2.75) is 0 Å². The molecule has 0 atom stereocenters. The van der Waals surface area contributed by atoms with Crippen molar-refractivity contribution in [2.75, 3.05) is 0 Å². The lowest BCUT2D eigenvalue weighted by atomic mass is 9.83. The predicted octanol–water partition coefficient (Wildman–Crippen LogP) is 22.4. The number of para-hydroxylation sites is 2. The summed E-state index contributed by atoms with van der Waals surface area (Å²) in [5.41, 5.74) is 18.2. The molecule has 2 aromatic heterocycles. The Morgan fingerprint density at radius 3 is 1.14 bits per heavy atom. The molecule has 0 aliphatic rings. The first-order chi connectivity index (χ1) is 39.7. The smallest absolute Gasteiger partial charge is 0.136 e. The standard InChI is InChI=1S/C78H46O2/c1-3-21-61-59(19-1)74(60-20-2-4-22-62(60)75(61)53-40-43-72-69(46-53)57-18-9-11-31-70(57)79-72)48-36-34-47(35-37-48)54-28-13-16-51-44-49(38-41-55(51)54)50-39-42-56-52(45-50)17-14-29-58(56)76-63-23-5-7-25-65(63)77(66-26-8-6-24-64(66)76)68-30-15-33-73-78(68)67-27-10-12-32-71(67)80-73/h1-46H. The van der Waals surface area contributed by atoms with Crippen LogP contribution in [0.4, 0.5) is 0 Å². The molecule has 0 spiro atoms. The number of hydrogen-bond donors (Lipinski definition) is 0. The molecule has 2 nitrogen and oxygen atoms in total. The molecular weight excluding hydrogens is 969 g/mol. The zero-order chi connectivity index (χ0) is 52.4. The van der Waals surface area contributed by atoms with Crippen LogP contribution in [0.2, 0.25) is 0 Å². The van der Waals surface area contributed by atoms with Gasteiger partial charge in [0.2, 0.25) is 0 Å². The molecular formula is C78H46O2. The lowest BCUT2D eigenvalue weighted by Gasteiger charge is -2.19. The van der Waals surface area contributed by atoms with Crippen LogP contribution in [0.15, 0.2) is 288 Å². The van der Waals surface area contributed by atoms with Crippen LogP contribution in [0, 0.1) is 0 Å². The SMILES string of the molecule is c1cc(-c2ccc(-c3c4ccccc4c(-c4ccc5oc6ccccc6c5c4)c4ccccc34)cc2)c2ccc(-c3ccc4c(-c5c6ccccc6c(-c6cccc7oc8ccccc8c67)c6ccccc56)cccc4c3)cc2c1. The number of benzene rings is 15. The normalized spacial score (nSPS) is 12.0. The third-order valence-corrected chi connectivity index (χ3v) is 17.0. The summed E-state index contributed by atoms with van der Waals surface area (Å²) in [5.74, 6) is 0. The van der Waals surface area contributed by atoms with Gasteiger partial charge in [-0.15, -0.1) is 0 Å². The molecule has 0 aliphatic heterocycles. The van der Waals surface area contributed by atoms with E-state index < -0.39 is 0 Å². The van der Waals surface area contributed by atoms with Gasteiger partial charge in [0.25, 0.3) is 0 Å². The largest absolute Gasteiger partial charge is 0.456 e. The molecule has 0 saturated heterocycles. The molecule has 0 N–H and O–H groups in total. The highest BCUT2D eigenvalue weighted by Gasteiger charge is 2.22. The molecule has 2 heterocycles. The summed E-state index contributed by atoms with van der Waals surface area (Å²) in [4.78, 5) is 0. The third-order valence-electron chi connectivity index (χ3n) is 17.0. The first-order valence-corrected chi connectivity index (χ1v) is 27.5. The van der Waals surface area contributed by atoms with E-state index in [4.69, 9.17) is 8.83 Å². The van der Waals surface area contributed by atoms with E-state index in [1.54, 1.807) is 0 Å². The van der Waals surface area contributed by atoms with Crippen molar-refractivity contribution >= 4 is 109 Å². The van der Waals surface area contributed by atoms with Crippen molar-refractivity contribution < 1.29 is 8.83 Å². The highest BCUT2D eigenvalue weighted by Crippen LogP contribution is 2.49. The molecule has 0 amide bonds. The summed E-state index contributed by atoms with van der Waals surface area (Å²) in [7, 11) is 0. The van der Waals surface area contributed by atoms with E-state index in [0.717, 1.165) is 43.9 Å². The molecule has 0 aliphatic carbocycles. The van der Waals surface area contributed by atoms with Crippen LogP contribution in [0.3, 0.4) is 0 Å². The monoisotopic (exact) mass is 1010 g/mol. The molecule has 80 heavy (non-hydrogen) atoms. The fourth-order valence-corrected chi connectivity index (χ4v) is 13.5. The van der Waals surface area contributed by atoms with Gasteiger partial charge in [-0.3, -0.25) is 0 Å². The van der Waals surface area contributed by atoms with E-state index >= 15 is 0 Å². The van der Waals surface area contributed by atoms with Gasteiger partial charge in [0.05, 0.1) is 0 Å². The molecule has 370 valence electrons. The highest BCUT2D eigenvalue weighted by molar-refractivity contribution is 6.27. The van der Waals surface area contributed by atoms with Crippen molar-refractivity contribution in [1.82, 2.24) is 0 Å². The minimum atomic E-state index is 0.903. The molecule has 15 aromatic carbocycles. The Morgan fingerprint density at radius 1 is 0.175 bits per heavy atom. The lowest BCUT2D eigenvalue weighted by molar-refractivity contribution is 0.668. The summed E-state index contributed by atoms with van der Waals surface area (Å²) < 4.78 is 12.7. The summed E-state index contributed by atoms with van der Waals surface area (Å²) in [5, 5.41) is 19.3. The van der Waals surface area contributed by atoms with E-state index in [-0.39, 0.29) is 0 Å². The van der Waals surface area contributed by atoms with E-state index in [2.05, 4.69) is 261 Å². The molecule has 2 heteroatoms. The van der Waals surface area contributed by atoms with Gasteiger partial charge in [-0.2, -0.15) is 0 Å². The average Bonchev–Trinajstić information content (AvgIpc) is 4.18. The molecule has 17 aromatic rings. The molecule has 0 saturated carbocycles. The maximum absolute atomic E-state index is 6.43. The van der Waals surface area contributed by atoms with Crippen LogP contribution in [0.5, 0.6) is 0 Å². The number of hydrogen-bond acceptors (Lipinski definition) is 2. The molecule has 0 fully saturated rings. The van der Waals surface area contributed by atoms with Crippen LogP contribution in [-0.4, -0.2) is 0 Å². The summed E-state index contributed by atoms with van der Waals surface area (Å²) in [6.45, 7) is 0. The van der Waals surface area contributed by atoms with Crippen molar-refractivity contribution in [3.63, 3.8) is 0 Å². The van der Waals surface area contributed by atoms with E-state index in [0.29, 0.717) is 0 Å². The van der Waals surface area contributed by atoms with Gasteiger partial charge in [0.15, 0.2) is 0 Å². The zero-order valence-corrected chi connectivity index (χ0v) is 43.4. The second kappa shape index (κ2) is 17.5. The fraction of sp³-hybridized carbons (Fsp3) is 0. The van der Waals surface area contributed by atoms with Gasteiger partial charge in [0, 0.05) is 21.5 Å². The van der Waals surface area contributed by atoms with Crippen LogP contribution >= 0.6 is 0 Å². The Morgan fingerprint density at radius 2 is 0.550 bits per heavy atom. The minimum absolute atomic E-state index is 0.903. The summed E-state index contributed by atoms with van der Waals surface area (Å²) in [6, 6.07) is 102. The van der Waals surface area contributed by atoms with Crippen LogP contribution in [0.25, 0.3) is 175 Å². The first kappa shape index (κ1) is 44.6. The third kappa shape index (κ3) is 6.73. The predicted molar refractivity (Wildman–Crippen MR) is 339 cm³/mol. The minimum Gasteiger partial charge on any atom is -0.456 e. The van der Waals surface area contributed by atoms with Gasteiger partial charge in [-0.25, -0.2) is 0 Å². The van der Waals surface area contributed by atoms with E-state index in [1.807, 2.05) is 18.2 Å². The summed E-state index contributed by atoms with van der Waals surface area (Å²) >= 11 is 0. The highest BCUT2D eigenvalue weighted by atomic mass is 16.3. The van der Waals surface area contributed by atoms with Gasteiger partial charge in [-0.1, -0.05) is 237 Å². The Kier molecular flexibility index (Phi) is 9.75. The average molecular weight is 1020 g/mol. The Hall–Kier alpha value is -10.5. The molecule has 17 rings (SSSR count). The second-order valence-electron chi connectivity index (χ2n) is 21.3. The Balaban J connectivity index is 0.735.